The van der Waals surface area contributed by atoms with E-state index in [1.807, 2.05) is 12.1 Å². The molecule has 17 heavy (non-hydrogen) atoms. The summed E-state index contributed by atoms with van der Waals surface area (Å²) in [6.45, 7) is 8.15. The molecule has 94 valence electrons. The van der Waals surface area contributed by atoms with Crippen molar-refractivity contribution in [2.45, 2.75) is 20.4 Å². The molecule has 1 aliphatic rings. The summed E-state index contributed by atoms with van der Waals surface area (Å²) in [5.41, 5.74) is 0. The highest BCUT2D eigenvalue weighted by molar-refractivity contribution is 7.80. The van der Waals surface area contributed by atoms with Crippen LogP contribution in [0.15, 0.2) is 22.8 Å². The van der Waals surface area contributed by atoms with Gasteiger partial charge in [-0.3, -0.25) is 4.90 Å². The largest absolute Gasteiger partial charge is 0.463 e. The summed E-state index contributed by atoms with van der Waals surface area (Å²) < 4.78 is 5.38. The lowest BCUT2D eigenvalue weighted by atomic mass is 10.2. The maximum Gasteiger partial charge on any atom is 0.177 e. The highest BCUT2D eigenvalue weighted by Crippen LogP contribution is 2.00. The van der Waals surface area contributed by atoms with Gasteiger partial charge < -0.3 is 14.6 Å². The minimum atomic E-state index is 0.623. The molecule has 2 rings (SSSR count). The zero-order valence-corrected chi connectivity index (χ0v) is 11.2. The van der Waals surface area contributed by atoms with Crippen LogP contribution in [-0.2, 0) is 6.54 Å². The number of hydrogen-bond donors (Lipinski definition) is 2. The van der Waals surface area contributed by atoms with Gasteiger partial charge in [-0.1, -0.05) is 13.8 Å². The van der Waals surface area contributed by atoms with Crippen molar-refractivity contribution in [1.82, 2.24) is 10.2 Å². The Morgan fingerprint density at radius 3 is 3.06 bits per heavy atom. The third-order valence-electron chi connectivity index (χ3n) is 2.78. The van der Waals surface area contributed by atoms with Crippen molar-refractivity contribution in [3.63, 3.8) is 0 Å². The van der Waals surface area contributed by atoms with Crippen molar-refractivity contribution in [3.8, 4) is 0 Å². The topological polar surface area (TPSA) is 32.9 Å². The van der Waals surface area contributed by atoms with E-state index >= 15 is 0 Å². The lowest BCUT2D eigenvalue weighted by Crippen LogP contribution is -3.16. The summed E-state index contributed by atoms with van der Waals surface area (Å²) in [7, 11) is 0. The summed E-state index contributed by atoms with van der Waals surface area (Å²) in [6, 6.07) is 3.95. The molecule has 5 heteroatoms. The lowest BCUT2D eigenvalue weighted by Gasteiger charge is -2.35. The SMILES string of the molecule is CC(C)CN1C[NH+](Cc2ccco2)CNC1=S. The predicted octanol–water partition coefficient (Wildman–Crippen LogP) is 0.426. The Kier molecular flexibility index (Phi) is 4.02. The molecule has 1 atom stereocenters. The molecule has 0 spiro atoms. The second kappa shape index (κ2) is 5.51. The average molecular weight is 254 g/mol. The molecule has 1 aromatic rings. The Hall–Kier alpha value is -1.07. The minimum absolute atomic E-state index is 0.623. The quantitative estimate of drug-likeness (QED) is 0.763. The van der Waals surface area contributed by atoms with E-state index in [2.05, 4.69) is 24.1 Å². The third-order valence-corrected chi connectivity index (χ3v) is 3.18. The number of quaternary nitrogens is 1. The van der Waals surface area contributed by atoms with E-state index in [1.54, 1.807) is 6.26 Å². The van der Waals surface area contributed by atoms with Crippen LogP contribution in [0.1, 0.15) is 19.6 Å². The molecule has 0 amide bonds. The van der Waals surface area contributed by atoms with Crippen molar-refractivity contribution in [2.75, 3.05) is 19.9 Å². The molecule has 0 bridgehead atoms. The van der Waals surface area contributed by atoms with Crippen LogP contribution < -0.4 is 10.2 Å². The van der Waals surface area contributed by atoms with Gasteiger partial charge in [-0.25, -0.2) is 0 Å². The van der Waals surface area contributed by atoms with Crippen LogP contribution >= 0.6 is 12.2 Å². The van der Waals surface area contributed by atoms with Crippen molar-refractivity contribution < 1.29 is 9.32 Å². The Bertz CT molecular complexity index is 364. The van der Waals surface area contributed by atoms with E-state index in [-0.39, 0.29) is 0 Å². The summed E-state index contributed by atoms with van der Waals surface area (Å²) >= 11 is 5.32. The number of nitrogens with zero attached hydrogens (tertiary/aromatic N) is 1. The van der Waals surface area contributed by atoms with Crippen molar-refractivity contribution in [1.29, 1.82) is 0 Å². The molecule has 0 saturated carbocycles. The van der Waals surface area contributed by atoms with Crippen LogP contribution in [0.4, 0.5) is 0 Å². The van der Waals surface area contributed by atoms with Gasteiger partial charge >= 0.3 is 0 Å². The Labute approximate surface area is 108 Å². The Balaban J connectivity index is 1.90. The molecule has 1 unspecified atom stereocenters. The first-order valence-electron chi connectivity index (χ1n) is 6.04. The number of thiocarbonyl (C=S) groups is 1. The van der Waals surface area contributed by atoms with Crippen molar-refractivity contribution >= 4 is 17.3 Å². The average Bonchev–Trinajstić information content (AvgIpc) is 2.75. The van der Waals surface area contributed by atoms with Crippen LogP contribution in [0.5, 0.6) is 0 Å². The highest BCUT2D eigenvalue weighted by Gasteiger charge is 2.24. The zero-order chi connectivity index (χ0) is 12.3. The summed E-state index contributed by atoms with van der Waals surface area (Å²) in [5, 5.41) is 4.16. The first kappa shape index (κ1) is 12.4. The standard InChI is InChI=1S/C12H19N3OS/c1-10(2)6-15-9-14(8-13-12(15)17)7-11-4-3-5-16-11/h3-5,10H,6-9H2,1-2H3,(H,13,17)/p+1. The maximum absolute atomic E-state index is 5.38. The molecular formula is C12H20N3OS+. The fraction of sp³-hybridized carbons (Fsp3) is 0.583. The Morgan fingerprint density at radius 1 is 1.59 bits per heavy atom. The van der Waals surface area contributed by atoms with Gasteiger partial charge in [-0.15, -0.1) is 0 Å². The van der Waals surface area contributed by atoms with E-state index in [0.29, 0.717) is 5.92 Å². The molecule has 4 nitrogen and oxygen atoms in total. The number of nitrogens with one attached hydrogen (secondary N) is 2. The van der Waals surface area contributed by atoms with E-state index in [0.717, 1.165) is 37.3 Å². The maximum atomic E-state index is 5.38. The van der Waals surface area contributed by atoms with Crippen LogP contribution in [-0.4, -0.2) is 29.9 Å². The van der Waals surface area contributed by atoms with E-state index < -0.39 is 0 Å². The normalized spacial score (nSPS) is 20.8. The molecule has 1 aliphatic heterocycles. The summed E-state index contributed by atoms with van der Waals surface area (Å²) in [6.07, 6.45) is 1.72. The van der Waals surface area contributed by atoms with Crippen LogP contribution in [0.2, 0.25) is 0 Å². The second-order valence-electron chi connectivity index (χ2n) is 4.94. The molecule has 0 aliphatic carbocycles. The van der Waals surface area contributed by atoms with Crippen LogP contribution in [0, 0.1) is 5.92 Å². The van der Waals surface area contributed by atoms with Crippen molar-refractivity contribution in [3.05, 3.63) is 24.2 Å². The summed E-state index contributed by atoms with van der Waals surface area (Å²) in [5.74, 6) is 1.65. The molecule has 2 heterocycles. The highest BCUT2D eigenvalue weighted by atomic mass is 32.1. The van der Waals surface area contributed by atoms with Gasteiger partial charge in [-0.05, 0) is 30.3 Å². The predicted molar refractivity (Wildman–Crippen MR) is 70.4 cm³/mol. The van der Waals surface area contributed by atoms with Gasteiger partial charge in [0.05, 0.1) is 6.26 Å². The van der Waals surface area contributed by atoms with Crippen molar-refractivity contribution in [2.24, 2.45) is 5.92 Å². The van der Waals surface area contributed by atoms with E-state index in [4.69, 9.17) is 16.6 Å². The van der Waals surface area contributed by atoms with Crippen LogP contribution in [0.25, 0.3) is 0 Å². The molecule has 1 fully saturated rings. The summed E-state index contributed by atoms with van der Waals surface area (Å²) in [4.78, 5) is 3.66. The third kappa shape index (κ3) is 3.44. The zero-order valence-electron chi connectivity index (χ0n) is 10.4. The number of rotatable bonds is 4. The van der Waals surface area contributed by atoms with Gasteiger partial charge in [0.2, 0.25) is 0 Å². The van der Waals surface area contributed by atoms with Crippen LogP contribution in [0.3, 0.4) is 0 Å². The van der Waals surface area contributed by atoms with E-state index in [1.165, 1.54) is 4.90 Å². The molecule has 0 aromatic carbocycles. The number of furan rings is 1. The smallest absolute Gasteiger partial charge is 0.177 e. The first-order chi connectivity index (χ1) is 8.15. The fourth-order valence-electron chi connectivity index (χ4n) is 2.08. The monoisotopic (exact) mass is 254 g/mol. The first-order valence-corrected chi connectivity index (χ1v) is 6.44. The Morgan fingerprint density at radius 2 is 2.41 bits per heavy atom. The molecule has 1 saturated heterocycles. The fourth-order valence-corrected chi connectivity index (χ4v) is 2.29. The van der Waals surface area contributed by atoms with Gasteiger partial charge in [0.15, 0.2) is 24.2 Å². The van der Waals surface area contributed by atoms with Gasteiger partial charge in [0, 0.05) is 6.54 Å². The second-order valence-corrected chi connectivity index (χ2v) is 5.33. The number of hydrogen-bond acceptors (Lipinski definition) is 2. The minimum Gasteiger partial charge on any atom is -0.463 e. The van der Waals surface area contributed by atoms with Gasteiger partial charge in [0.25, 0.3) is 0 Å². The lowest BCUT2D eigenvalue weighted by molar-refractivity contribution is -0.928. The molecular weight excluding hydrogens is 234 g/mol. The van der Waals surface area contributed by atoms with Gasteiger partial charge in [0.1, 0.15) is 6.54 Å². The molecule has 1 aromatic heterocycles. The molecule has 2 N–H and O–H groups in total. The van der Waals surface area contributed by atoms with E-state index in [9.17, 15) is 0 Å². The van der Waals surface area contributed by atoms with Gasteiger partial charge in [-0.2, -0.15) is 0 Å². The molecule has 0 radical (unpaired) electrons.